The minimum atomic E-state index is -0.339. The van der Waals surface area contributed by atoms with Crippen molar-refractivity contribution < 1.29 is 14.2 Å². The van der Waals surface area contributed by atoms with Gasteiger partial charge in [0.05, 0.1) is 11.7 Å². The largest absolute Gasteiger partial charge is 0.439 e. The average Bonchev–Trinajstić information content (AvgIpc) is 3.60. The van der Waals surface area contributed by atoms with Crippen LogP contribution in [0, 0.1) is 5.82 Å². The molecule has 170 valence electrons. The highest BCUT2D eigenvalue weighted by Crippen LogP contribution is 2.37. The Labute approximate surface area is 189 Å². The number of aliphatic hydroxyl groups is 1. The van der Waals surface area contributed by atoms with Crippen molar-refractivity contribution in [3.8, 4) is 22.9 Å². The van der Waals surface area contributed by atoms with Gasteiger partial charge in [0.15, 0.2) is 0 Å². The molecular formula is C26H32FN3O2. The Morgan fingerprint density at radius 3 is 2.53 bits per heavy atom. The first-order valence-corrected chi connectivity index (χ1v) is 11.5. The summed E-state index contributed by atoms with van der Waals surface area (Å²) in [7, 11) is 1.87. The lowest BCUT2D eigenvalue weighted by Gasteiger charge is -2.25. The van der Waals surface area contributed by atoms with E-state index in [1.165, 1.54) is 12.1 Å². The van der Waals surface area contributed by atoms with E-state index in [1.54, 1.807) is 16.8 Å². The van der Waals surface area contributed by atoms with Crippen LogP contribution in [-0.4, -0.2) is 38.5 Å². The Bertz CT molecular complexity index is 1000. The van der Waals surface area contributed by atoms with Crippen LogP contribution in [0.5, 0.6) is 11.6 Å². The molecule has 6 heteroatoms. The summed E-state index contributed by atoms with van der Waals surface area (Å²) in [6, 6.07) is 16.6. The number of aromatic nitrogens is 2. The third-order valence-electron chi connectivity index (χ3n) is 5.92. The van der Waals surface area contributed by atoms with Crippen LogP contribution in [0.25, 0.3) is 11.3 Å². The Hall–Kier alpha value is -2.70. The van der Waals surface area contributed by atoms with E-state index in [1.807, 2.05) is 37.4 Å². The van der Waals surface area contributed by atoms with Crippen LogP contribution in [0.2, 0.25) is 0 Å². The maximum Gasteiger partial charge on any atom is 0.222 e. The molecule has 32 heavy (non-hydrogen) atoms. The summed E-state index contributed by atoms with van der Waals surface area (Å²) in [4.78, 5) is 2.36. The molecule has 0 aliphatic heterocycles. The van der Waals surface area contributed by atoms with Gasteiger partial charge in [-0.25, -0.2) is 9.07 Å². The standard InChI is InChI=1S/C26H32FN3O2/c1-3-4-10-22(31)17-30(21-13-14-21)18-24-25(19-8-6-5-7-9-19)28-29(2)26(24)32-23-15-11-20(27)12-16-23/h5-9,11-12,15-16,21-22,31H,3-4,10,13-14,17-18H2,1-2H3/t22-/m1/s1. The molecule has 0 bridgehead atoms. The van der Waals surface area contributed by atoms with Crippen molar-refractivity contribution in [2.75, 3.05) is 6.54 Å². The topological polar surface area (TPSA) is 50.5 Å². The molecule has 1 saturated carbocycles. The normalized spacial score (nSPS) is 14.7. The van der Waals surface area contributed by atoms with Gasteiger partial charge in [-0.05, 0) is 43.5 Å². The van der Waals surface area contributed by atoms with E-state index in [9.17, 15) is 9.50 Å². The van der Waals surface area contributed by atoms with Gasteiger partial charge in [-0.3, -0.25) is 4.90 Å². The molecule has 4 rings (SSSR count). The van der Waals surface area contributed by atoms with Gasteiger partial charge in [-0.2, -0.15) is 5.10 Å². The van der Waals surface area contributed by atoms with E-state index in [2.05, 4.69) is 11.8 Å². The van der Waals surface area contributed by atoms with Crippen molar-refractivity contribution in [2.45, 2.75) is 57.7 Å². The molecular weight excluding hydrogens is 405 g/mol. The van der Waals surface area contributed by atoms with Crippen molar-refractivity contribution in [3.63, 3.8) is 0 Å². The fourth-order valence-electron chi connectivity index (χ4n) is 4.05. The second-order valence-electron chi connectivity index (χ2n) is 8.63. The van der Waals surface area contributed by atoms with E-state index in [-0.39, 0.29) is 11.9 Å². The number of unbranched alkanes of at least 4 members (excludes halogenated alkanes) is 1. The van der Waals surface area contributed by atoms with Gasteiger partial charge in [0, 0.05) is 31.7 Å². The fraction of sp³-hybridized carbons (Fsp3) is 0.423. The first-order valence-electron chi connectivity index (χ1n) is 11.5. The van der Waals surface area contributed by atoms with E-state index in [0.29, 0.717) is 30.8 Å². The van der Waals surface area contributed by atoms with Crippen LogP contribution in [0.15, 0.2) is 54.6 Å². The molecule has 0 amide bonds. The lowest BCUT2D eigenvalue weighted by Crippen LogP contribution is -2.34. The van der Waals surface area contributed by atoms with Crippen LogP contribution < -0.4 is 4.74 Å². The van der Waals surface area contributed by atoms with Crippen molar-refractivity contribution in [2.24, 2.45) is 7.05 Å². The Morgan fingerprint density at radius 2 is 1.88 bits per heavy atom. The molecule has 1 heterocycles. The summed E-state index contributed by atoms with van der Waals surface area (Å²) >= 11 is 0. The van der Waals surface area contributed by atoms with Gasteiger partial charge >= 0.3 is 0 Å². The summed E-state index contributed by atoms with van der Waals surface area (Å²) in [5.41, 5.74) is 2.88. The van der Waals surface area contributed by atoms with E-state index in [0.717, 1.165) is 48.9 Å². The first-order chi connectivity index (χ1) is 15.5. The Balaban J connectivity index is 1.66. The molecule has 0 saturated heterocycles. The maximum atomic E-state index is 13.4. The van der Waals surface area contributed by atoms with Crippen LogP contribution in [0.3, 0.4) is 0 Å². The highest BCUT2D eigenvalue weighted by Gasteiger charge is 2.32. The summed E-state index contributed by atoms with van der Waals surface area (Å²) in [5.74, 6) is 0.911. The number of halogens is 1. The number of aryl methyl sites for hydroxylation is 1. The summed E-state index contributed by atoms with van der Waals surface area (Å²) < 4.78 is 21.3. The van der Waals surface area contributed by atoms with Crippen molar-refractivity contribution in [1.82, 2.24) is 14.7 Å². The minimum absolute atomic E-state index is 0.298. The molecule has 1 atom stereocenters. The SMILES string of the molecule is CCCC[C@@H](O)CN(Cc1c(-c2ccccc2)nn(C)c1Oc1ccc(F)cc1)C1CC1. The number of hydrogen-bond donors (Lipinski definition) is 1. The third kappa shape index (κ3) is 5.56. The summed E-state index contributed by atoms with van der Waals surface area (Å²) in [6.45, 7) is 3.43. The monoisotopic (exact) mass is 437 g/mol. The summed E-state index contributed by atoms with van der Waals surface area (Å²) in [5, 5.41) is 15.4. The van der Waals surface area contributed by atoms with Crippen molar-refractivity contribution >= 4 is 0 Å². The number of nitrogens with zero attached hydrogens (tertiary/aromatic N) is 3. The smallest absolute Gasteiger partial charge is 0.222 e. The minimum Gasteiger partial charge on any atom is -0.439 e. The number of hydrogen-bond acceptors (Lipinski definition) is 4. The quantitative estimate of drug-likeness (QED) is 0.428. The number of ether oxygens (including phenoxy) is 1. The lowest BCUT2D eigenvalue weighted by atomic mass is 10.1. The molecule has 5 nitrogen and oxygen atoms in total. The van der Waals surface area contributed by atoms with Crippen LogP contribution >= 0.6 is 0 Å². The number of aliphatic hydroxyl groups excluding tert-OH is 1. The first kappa shape index (κ1) is 22.5. The molecule has 0 unspecified atom stereocenters. The second-order valence-corrected chi connectivity index (χ2v) is 8.63. The van der Waals surface area contributed by atoms with Gasteiger partial charge in [-0.15, -0.1) is 0 Å². The van der Waals surface area contributed by atoms with Crippen LogP contribution in [0.1, 0.15) is 44.6 Å². The second kappa shape index (κ2) is 10.3. The molecule has 1 aromatic heterocycles. The molecule has 1 aliphatic rings. The van der Waals surface area contributed by atoms with Crippen molar-refractivity contribution in [3.05, 3.63) is 66.0 Å². The summed E-state index contributed by atoms with van der Waals surface area (Å²) in [6.07, 6.45) is 4.88. The molecule has 0 radical (unpaired) electrons. The molecule has 1 N–H and O–H groups in total. The molecule has 0 spiro atoms. The number of rotatable bonds is 11. The van der Waals surface area contributed by atoms with Crippen LogP contribution in [0.4, 0.5) is 4.39 Å². The van der Waals surface area contributed by atoms with Gasteiger partial charge < -0.3 is 9.84 Å². The highest BCUT2D eigenvalue weighted by atomic mass is 19.1. The predicted octanol–water partition coefficient (Wildman–Crippen LogP) is 5.53. The van der Waals surface area contributed by atoms with E-state index < -0.39 is 0 Å². The Morgan fingerprint density at radius 1 is 1.16 bits per heavy atom. The van der Waals surface area contributed by atoms with Crippen molar-refractivity contribution in [1.29, 1.82) is 0 Å². The third-order valence-corrected chi connectivity index (χ3v) is 5.92. The van der Waals surface area contributed by atoms with E-state index >= 15 is 0 Å². The predicted molar refractivity (Wildman–Crippen MR) is 124 cm³/mol. The van der Waals surface area contributed by atoms with E-state index in [4.69, 9.17) is 9.84 Å². The lowest BCUT2D eigenvalue weighted by molar-refractivity contribution is 0.0951. The van der Waals surface area contributed by atoms with Gasteiger partial charge in [0.1, 0.15) is 17.3 Å². The van der Waals surface area contributed by atoms with Gasteiger partial charge in [0.25, 0.3) is 0 Å². The molecule has 3 aromatic rings. The molecule has 1 fully saturated rings. The fourth-order valence-corrected chi connectivity index (χ4v) is 4.05. The zero-order valence-corrected chi connectivity index (χ0v) is 18.9. The zero-order valence-electron chi connectivity index (χ0n) is 18.9. The molecule has 1 aliphatic carbocycles. The van der Waals surface area contributed by atoms with Crippen LogP contribution in [-0.2, 0) is 13.6 Å². The average molecular weight is 438 g/mol. The zero-order chi connectivity index (χ0) is 22.5. The highest BCUT2D eigenvalue weighted by molar-refractivity contribution is 5.65. The Kier molecular flexibility index (Phi) is 7.22. The number of benzene rings is 2. The van der Waals surface area contributed by atoms with Gasteiger partial charge in [0.2, 0.25) is 5.88 Å². The molecule has 2 aromatic carbocycles. The van der Waals surface area contributed by atoms with Gasteiger partial charge in [-0.1, -0.05) is 50.1 Å². The maximum absolute atomic E-state index is 13.4.